The molecule has 1 N–H and O–H groups in total. The Morgan fingerprint density at radius 2 is 2.21 bits per heavy atom. The molecule has 0 radical (unpaired) electrons. The van der Waals surface area contributed by atoms with Crippen LogP contribution in [0.3, 0.4) is 0 Å². The van der Waals surface area contributed by atoms with Crippen LogP contribution in [-0.2, 0) is 14.3 Å². The predicted octanol–water partition coefficient (Wildman–Crippen LogP) is 1.56. The molecule has 0 aromatic heterocycles. The molecule has 0 amide bonds. The van der Waals surface area contributed by atoms with E-state index in [4.69, 9.17) is 9.47 Å². The van der Waals surface area contributed by atoms with E-state index in [-0.39, 0.29) is 18.8 Å². The molecular formula is C15H16O4. The topological polar surface area (TPSA) is 59.1 Å². The van der Waals surface area contributed by atoms with Crippen LogP contribution in [0.25, 0.3) is 6.08 Å². The normalized spacial score (nSPS) is 23.0. The summed E-state index contributed by atoms with van der Waals surface area (Å²) < 4.78 is 10.1. The van der Waals surface area contributed by atoms with Gasteiger partial charge in [0.05, 0.1) is 0 Å². The Kier molecular flexibility index (Phi) is 4.49. The maximum absolute atomic E-state index is 10.8. The number of carbonyl (C=O) groups excluding carboxylic acids is 1. The number of carbonyl (C=O) groups is 1. The molecular weight excluding hydrogens is 244 g/mol. The third-order valence-corrected chi connectivity index (χ3v) is 2.78. The lowest BCUT2D eigenvalue weighted by atomic mass is 10.1. The Labute approximate surface area is 112 Å². The Morgan fingerprint density at radius 3 is 2.89 bits per heavy atom. The molecule has 2 rings (SSSR count). The number of aliphatic hydroxyl groups excluding tert-OH is 1. The van der Waals surface area contributed by atoms with Gasteiger partial charge in [0.1, 0.15) is 24.9 Å². The van der Waals surface area contributed by atoms with Gasteiger partial charge in [0.25, 0.3) is 0 Å². The van der Waals surface area contributed by atoms with Crippen molar-refractivity contribution in [3.63, 3.8) is 0 Å². The summed E-state index contributed by atoms with van der Waals surface area (Å²) in [5.41, 5.74) is 1.07. The zero-order chi connectivity index (χ0) is 13.7. The zero-order valence-electron chi connectivity index (χ0n) is 10.4. The molecule has 1 aliphatic rings. The van der Waals surface area contributed by atoms with Crippen LogP contribution in [0.1, 0.15) is 5.56 Å². The first kappa shape index (κ1) is 13.5. The minimum absolute atomic E-state index is 0.0782. The Balaban J connectivity index is 1.76. The second-order valence-corrected chi connectivity index (χ2v) is 4.24. The van der Waals surface area contributed by atoms with E-state index in [1.807, 2.05) is 42.5 Å². The number of esters is 1. The van der Waals surface area contributed by atoms with Crippen molar-refractivity contribution < 1.29 is 19.4 Å². The molecule has 1 aromatic carbocycles. The summed E-state index contributed by atoms with van der Waals surface area (Å²) in [6.07, 6.45) is 3.64. The number of hydrogen-bond acceptors (Lipinski definition) is 4. The van der Waals surface area contributed by atoms with Crippen LogP contribution < -0.4 is 0 Å². The van der Waals surface area contributed by atoms with Gasteiger partial charge in [-0.2, -0.15) is 0 Å². The smallest absolute Gasteiger partial charge is 0.330 e. The average Bonchev–Trinajstić information content (AvgIpc) is 3.23. The van der Waals surface area contributed by atoms with Crippen LogP contribution in [0.2, 0.25) is 0 Å². The third kappa shape index (κ3) is 4.05. The van der Waals surface area contributed by atoms with E-state index in [2.05, 4.69) is 6.58 Å². The van der Waals surface area contributed by atoms with E-state index in [9.17, 15) is 9.90 Å². The van der Waals surface area contributed by atoms with Gasteiger partial charge in [0, 0.05) is 6.08 Å². The van der Waals surface area contributed by atoms with E-state index < -0.39 is 12.1 Å². The van der Waals surface area contributed by atoms with Crippen molar-refractivity contribution in [1.29, 1.82) is 0 Å². The molecule has 1 aliphatic heterocycles. The SMILES string of the molecule is C=CC(=O)OCC(O)C1OC1C=Cc1ccccc1. The highest BCUT2D eigenvalue weighted by molar-refractivity contribution is 5.81. The Morgan fingerprint density at radius 1 is 1.47 bits per heavy atom. The number of benzene rings is 1. The summed E-state index contributed by atoms with van der Waals surface area (Å²) in [5.74, 6) is -0.545. The zero-order valence-corrected chi connectivity index (χ0v) is 10.4. The molecule has 1 heterocycles. The quantitative estimate of drug-likeness (QED) is 0.479. The van der Waals surface area contributed by atoms with Crippen LogP contribution in [0.15, 0.2) is 49.1 Å². The summed E-state index contributed by atoms with van der Waals surface area (Å²) in [7, 11) is 0. The average molecular weight is 260 g/mol. The lowest BCUT2D eigenvalue weighted by Crippen LogP contribution is -2.24. The molecule has 0 saturated carbocycles. The monoisotopic (exact) mass is 260 g/mol. The van der Waals surface area contributed by atoms with Gasteiger partial charge in [-0.15, -0.1) is 0 Å². The standard InChI is InChI=1S/C15H16O4/c1-2-14(17)18-10-12(16)15-13(19-15)9-8-11-6-4-3-5-7-11/h2-9,12-13,15-16H,1,10H2. The van der Waals surface area contributed by atoms with Crippen LogP contribution in [0, 0.1) is 0 Å². The molecule has 0 spiro atoms. The fourth-order valence-electron chi connectivity index (χ4n) is 1.69. The minimum Gasteiger partial charge on any atom is -0.460 e. The van der Waals surface area contributed by atoms with E-state index >= 15 is 0 Å². The number of rotatable bonds is 6. The molecule has 1 aromatic rings. The fourth-order valence-corrected chi connectivity index (χ4v) is 1.69. The molecule has 100 valence electrons. The Hall–Kier alpha value is -1.91. The first-order chi connectivity index (χ1) is 9.20. The van der Waals surface area contributed by atoms with Gasteiger partial charge in [-0.25, -0.2) is 4.79 Å². The third-order valence-electron chi connectivity index (χ3n) is 2.78. The van der Waals surface area contributed by atoms with E-state index in [0.717, 1.165) is 11.6 Å². The molecule has 4 heteroatoms. The second-order valence-electron chi connectivity index (χ2n) is 4.24. The van der Waals surface area contributed by atoms with Gasteiger partial charge in [-0.3, -0.25) is 0 Å². The first-order valence-corrected chi connectivity index (χ1v) is 6.06. The van der Waals surface area contributed by atoms with Crippen LogP contribution in [0.4, 0.5) is 0 Å². The molecule has 0 bridgehead atoms. The second kappa shape index (κ2) is 6.31. The number of epoxide rings is 1. The molecule has 3 unspecified atom stereocenters. The highest BCUT2D eigenvalue weighted by Crippen LogP contribution is 2.27. The molecule has 1 fully saturated rings. The lowest BCUT2D eigenvalue weighted by Gasteiger charge is -2.06. The van der Waals surface area contributed by atoms with Crippen molar-refractivity contribution in [2.45, 2.75) is 18.3 Å². The molecule has 1 saturated heterocycles. The molecule has 0 aliphatic carbocycles. The number of ether oxygens (including phenoxy) is 2. The van der Waals surface area contributed by atoms with Gasteiger partial charge in [-0.1, -0.05) is 49.1 Å². The van der Waals surface area contributed by atoms with E-state index in [0.29, 0.717) is 0 Å². The number of hydrogen-bond donors (Lipinski definition) is 1. The number of aliphatic hydroxyl groups is 1. The minimum atomic E-state index is -0.811. The lowest BCUT2D eigenvalue weighted by molar-refractivity contribution is -0.140. The van der Waals surface area contributed by atoms with E-state index in [1.54, 1.807) is 0 Å². The van der Waals surface area contributed by atoms with Gasteiger partial charge in [0.2, 0.25) is 0 Å². The summed E-state index contributed by atoms with van der Waals surface area (Å²) in [4.78, 5) is 10.8. The fraction of sp³-hybridized carbons (Fsp3) is 0.267. The van der Waals surface area contributed by atoms with Crippen LogP contribution >= 0.6 is 0 Å². The van der Waals surface area contributed by atoms with Crippen molar-refractivity contribution in [1.82, 2.24) is 0 Å². The van der Waals surface area contributed by atoms with Gasteiger partial charge >= 0.3 is 5.97 Å². The summed E-state index contributed by atoms with van der Waals surface area (Å²) in [5, 5.41) is 9.73. The van der Waals surface area contributed by atoms with E-state index in [1.165, 1.54) is 0 Å². The van der Waals surface area contributed by atoms with Gasteiger partial charge in [-0.05, 0) is 5.56 Å². The van der Waals surface area contributed by atoms with Gasteiger partial charge in [0.15, 0.2) is 0 Å². The maximum atomic E-state index is 10.8. The maximum Gasteiger partial charge on any atom is 0.330 e. The molecule has 3 atom stereocenters. The summed E-state index contributed by atoms with van der Waals surface area (Å²) in [6.45, 7) is 3.20. The van der Waals surface area contributed by atoms with Crippen LogP contribution in [0.5, 0.6) is 0 Å². The van der Waals surface area contributed by atoms with Crippen LogP contribution in [-0.4, -0.2) is 36.0 Å². The van der Waals surface area contributed by atoms with Crippen molar-refractivity contribution in [2.24, 2.45) is 0 Å². The Bertz CT molecular complexity index is 466. The van der Waals surface area contributed by atoms with Crippen molar-refractivity contribution in [3.8, 4) is 0 Å². The van der Waals surface area contributed by atoms with Crippen molar-refractivity contribution in [3.05, 3.63) is 54.6 Å². The largest absolute Gasteiger partial charge is 0.460 e. The summed E-state index contributed by atoms with van der Waals surface area (Å²) in [6, 6.07) is 9.82. The van der Waals surface area contributed by atoms with Crippen molar-refractivity contribution >= 4 is 12.0 Å². The van der Waals surface area contributed by atoms with Crippen molar-refractivity contribution in [2.75, 3.05) is 6.61 Å². The highest BCUT2D eigenvalue weighted by Gasteiger charge is 2.42. The predicted molar refractivity (Wildman–Crippen MR) is 71.3 cm³/mol. The highest BCUT2D eigenvalue weighted by atomic mass is 16.6. The summed E-state index contributed by atoms with van der Waals surface area (Å²) >= 11 is 0. The van der Waals surface area contributed by atoms with Gasteiger partial charge < -0.3 is 14.6 Å². The molecule has 19 heavy (non-hydrogen) atoms. The first-order valence-electron chi connectivity index (χ1n) is 6.06. The molecule has 4 nitrogen and oxygen atoms in total.